The molecule has 19 heavy (non-hydrogen) atoms. The summed E-state index contributed by atoms with van der Waals surface area (Å²) in [5.41, 5.74) is 7.41. The second-order valence-electron chi connectivity index (χ2n) is 5.55. The van der Waals surface area contributed by atoms with Gasteiger partial charge in [-0.15, -0.1) is 0 Å². The van der Waals surface area contributed by atoms with Gasteiger partial charge in [0.1, 0.15) is 5.82 Å². The Bertz CT molecular complexity index is 362. The van der Waals surface area contributed by atoms with Gasteiger partial charge < -0.3 is 5.73 Å². The second kappa shape index (κ2) is 7.61. The van der Waals surface area contributed by atoms with Crippen molar-refractivity contribution in [2.24, 2.45) is 11.7 Å². The van der Waals surface area contributed by atoms with E-state index in [-0.39, 0.29) is 17.9 Å². The molecule has 2 atom stereocenters. The van der Waals surface area contributed by atoms with Crippen LogP contribution in [0.25, 0.3) is 0 Å². The lowest BCUT2D eigenvalue weighted by molar-refractivity contribution is 0.159. The van der Waals surface area contributed by atoms with E-state index in [9.17, 15) is 4.39 Å². The second-order valence-corrected chi connectivity index (χ2v) is 5.55. The average Bonchev–Trinajstić information content (AvgIpc) is 2.39. The van der Waals surface area contributed by atoms with Crippen molar-refractivity contribution in [3.8, 4) is 0 Å². The first-order chi connectivity index (χ1) is 8.99. The van der Waals surface area contributed by atoms with E-state index in [2.05, 4.69) is 32.6 Å². The molecule has 1 aromatic carbocycles. The highest BCUT2D eigenvalue weighted by molar-refractivity contribution is 5.21. The summed E-state index contributed by atoms with van der Waals surface area (Å²) in [6.07, 6.45) is 0.913. The third kappa shape index (κ3) is 4.59. The molecule has 0 saturated carbocycles. The van der Waals surface area contributed by atoms with E-state index in [1.165, 1.54) is 12.1 Å². The fourth-order valence-corrected chi connectivity index (χ4v) is 2.52. The van der Waals surface area contributed by atoms with Crippen molar-refractivity contribution in [1.29, 1.82) is 0 Å². The maximum absolute atomic E-state index is 13.1. The average molecular weight is 266 g/mol. The minimum Gasteiger partial charge on any atom is -0.326 e. The predicted octanol–water partition coefficient (Wildman–Crippen LogP) is 3.58. The van der Waals surface area contributed by atoms with Crippen LogP contribution in [-0.2, 0) is 0 Å². The molecule has 0 fully saturated rings. The van der Waals surface area contributed by atoms with Gasteiger partial charge in [0, 0.05) is 18.6 Å². The summed E-state index contributed by atoms with van der Waals surface area (Å²) in [5, 5.41) is 0. The summed E-state index contributed by atoms with van der Waals surface area (Å²) >= 11 is 0. The van der Waals surface area contributed by atoms with Gasteiger partial charge in [0.25, 0.3) is 0 Å². The van der Waals surface area contributed by atoms with Gasteiger partial charge in [-0.3, -0.25) is 4.90 Å². The third-order valence-corrected chi connectivity index (χ3v) is 3.49. The van der Waals surface area contributed by atoms with Crippen LogP contribution in [0.15, 0.2) is 24.3 Å². The molecule has 0 radical (unpaired) electrons. The Labute approximate surface area is 116 Å². The number of likely N-dealkylation sites (N-methyl/N-ethyl adjacent to an activating group) is 1. The standard InChI is InChI=1S/C16H27FN2/c1-5-15(18)16(19(6-2)11-12(3)4)13-7-9-14(17)10-8-13/h7-10,12,15-16H,5-6,11,18H2,1-4H3. The normalized spacial score (nSPS) is 14.9. The van der Waals surface area contributed by atoms with Gasteiger partial charge in [0.2, 0.25) is 0 Å². The molecule has 0 aliphatic heterocycles. The number of halogens is 1. The smallest absolute Gasteiger partial charge is 0.123 e. The molecule has 2 nitrogen and oxygen atoms in total. The van der Waals surface area contributed by atoms with Crippen LogP contribution >= 0.6 is 0 Å². The van der Waals surface area contributed by atoms with Gasteiger partial charge in [0.05, 0.1) is 0 Å². The summed E-state index contributed by atoms with van der Waals surface area (Å²) < 4.78 is 13.1. The van der Waals surface area contributed by atoms with Crippen molar-refractivity contribution in [3.63, 3.8) is 0 Å². The van der Waals surface area contributed by atoms with Crippen molar-refractivity contribution in [3.05, 3.63) is 35.6 Å². The third-order valence-electron chi connectivity index (χ3n) is 3.49. The maximum Gasteiger partial charge on any atom is 0.123 e. The monoisotopic (exact) mass is 266 g/mol. The topological polar surface area (TPSA) is 29.3 Å². The molecule has 2 N–H and O–H groups in total. The van der Waals surface area contributed by atoms with E-state index in [0.717, 1.165) is 25.1 Å². The Morgan fingerprint density at radius 2 is 1.74 bits per heavy atom. The molecule has 0 spiro atoms. The molecular weight excluding hydrogens is 239 g/mol. The summed E-state index contributed by atoms with van der Waals surface area (Å²) in [4.78, 5) is 2.39. The molecule has 0 aliphatic rings. The summed E-state index contributed by atoms with van der Waals surface area (Å²) in [6, 6.07) is 7.00. The minimum absolute atomic E-state index is 0.0733. The SMILES string of the molecule is CCC(N)C(c1ccc(F)cc1)N(CC)CC(C)C. The lowest BCUT2D eigenvalue weighted by Crippen LogP contribution is -2.42. The number of rotatable bonds is 7. The predicted molar refractivity (Wildman–Crippen MR) is 79.5 cm³/mol. The van der Waals surface area contributed by atoms with Gasteiger partial charge >= 0.3 is 0 Å². The highest BCUT2D eigenvalue weighted by Gasteiger charge is 2.25. The zero-order chi connectivity index (χ0) is 14.4. The molecule has 0 saturated heterocycles. The molecule has 0 amide bonds. The van der Waals surface area contributed by atoms with E-state index in [1.54, 1.807) is 0 Å². The maximum atomic E-state index is 13.1. The quantitative estimate of drug-likeness (QED) is 0.817. The molecule has 1 rings (SSSR count). The van der Waals surface area contributed by atoms with Gasteiger partial charge in [0.15, 0.2) is 0 Å². The lowest BCUT2D eigenvalue weighted by Gasteiger charge is -2.36. The zero-order valence-electron chi connectivity index (χ0n) is 12.6. The van der Waals surface area contributed by atoms with E-state index in [0.29, 0.717) is 5.92 Å². The zero-order valence-corrected chi connectivity index (χ0v) is 12.6. The van der Waals surface area contributed by atoms with Gasteiger partial charge in [-0.05, 0) is 36.6 Å². The number of nitrogens with zero attached hydrogens (tertiary/aromatic N) is 1. The van der Waals surface area contributed by atoms with Crippen molar-refractivity contribution >= 4 is 0 Å². The Kier molecular flexibility index (Phi) is 6.46. The van der Waals surface area contributed by atoms with Crippen LogP contribution < -0.4 is 5.73 Å². The number of hydrogen-bond donors (Lipinski definition) is 1. The highest BCUT2D eigenvalue weighted by Crippen LogP contribution is 2.26. The van der Waals surface area contributed by atoms with Crippen LogP contribution in [0.3, 0.4) is 0 Å². The fraction of sp³-hybridized carbons (Fsp3) is 0.625. The van der Waals surface area contributed by atoms with Crippen molar-refractivity contribution in [2.45, 2.75) is 46.2 Å². The first kappa shape index (κ1) is 16.1. The van der Waals surface area contributed by atoms with Crippen LogP contribution in [0.1, 0.15) is 45.7 Å². The fourth-order valence-electron chi connectivity index (χ4n) is 2.52. The van der Waals surface area contributed by atoms with Crippen molar-refractivity contribution < 1.29 is 4.39 Å². The van der Waals surface area contributed by atoms with Crippen molar-refractivity contribution in [2.75, 3.05) is 13.1 Å². The first-order valence-corrected chi connectivity index (χ1v) is 7.24. The van der Waals surface area contributed by atoms with Gasteiger partial charge in [-0.1, -0.05) is 39.8 Å². The lowest BCUT2D eigenvalue weighted by atomic mass is 9.95. The molecule has 0 aromatic heterocycles. The largest absolute Gasteiger partial charge is 0.326 e. The molecule has 0 bridgehead atoms. The number of nitrogens with two attached hydrogens (primary N) is 1. The van der Waals surface area contributed by atoms with Gasteiger partial charge in [-0.25, -0.2) is 4.39 Å². The van der Waals surface area contributed by atoms with Crippen LogP contribution in [-0.4, -0.2) is 24.0 Å². The number of benzene rings is 1. The molecule has 3 heteroatoms. The molecule has 0 aliphatic carbocycles. The highest BCUT2D eigenvalue weighted by atomic mass is 19.1. The Balaban J connectivity index is 3.02. The molecule has 1 aromatic rings. The van der Waals surface area contributed by atoms with E-state index < -0.39 is 0 Å². The first-order valence-electron chi connectivity index (χ1n) is 7.24. The van der Waals surface area contributed by atoms with Crippen molar-refractivity contribution in [1.82, 2.24) is 4.90 Å². The van der Waals surface area contributed by atoms with E-state index in [4.69, 9.17) is 5.73 Å². The van der Waals surface area contributed by atoms with E-state index in [1.807, 2.05) is 12.1 Å². The Morgan fingerprint density at radius 1 is 1.16 bits per heavy atom. The Hall–Kier alpha value is -0.930. The molecular formula is C16H27FN2. The van der Waals surface area contributed by atoms with Crippen LogP contribution in [0.4, 0.5) is 4.39 Å². The number of hydrogen-bond acceptors (Lipinski definition) is 2. The summed E-state index contributed by atoms with van der Waals surface area (Å²) in [5.74, 6) is 0.395. The van der Waals surface area contributed by atoms with Crippen LogP contribution in [0, 0.1) is 11.7 Å². The van der Waals surface area contributed by atoms with Crippen LogP contribution in [0.5, 0.6) is 0 Å². The molecule has 108 valence electrons. The summed E-state index contributed by atoms with van der Waals surface area (Å²) in [7, 11) is 0. The summed E-state index contributed by atoms with van der Waals surface area (Å²) in [6.45, 7) is 10.6. The minimum atomic E-state index is -0.195. The van der Waals surface area contributed by atoms with Gasteiger partial charge in [-0.2, -0.15) is 0 Å². The van der Waals surface area contributed by atoms with Crippen LogP contribution in [0.2, 0.25) is 0 Å². The molecule has 0 heterocycles. The molecule has 2 unspecified atom stereocenters. The van der Waals surface area contributed by atoms with E-state index >= 15 is 0 Å². The Morgan fingerprint density at radius 3 is 2.16 bits per heavy atom.